The smallest absolute Gasteiger partial charge is 0.312 e. The largest absolute Gasteiger partial charge is 0.486 e. The Morgan fingerprint density at radius 2 is 2.15 bits per heavy atom. The zero-order valence-electron chi connectivity index (χ0n) is 11.6. The summed E-state index contributed by atoms with van der Waals surface area (Å²) in [5.41, 5.74) is -0.481. The summed E-state index contributed by atoms with van der Waals surface area (Å²) >= 11 is 5.91. The second kappa shape index (κ2) is 7.11. The van der Waals surface area contributed by atoms with Gasteiger partial charge in [-0.3, -0.25) is 10.1 Å². The molecule has 6 heteroatoms. The van der Waals surface area contributed by atoms with Gasteiger partial charge in [-0.25, -0.2) is 0 Å². The fourth-order valence-electron chi connectivity index (χ4n) is 1.68. The van der Waals surface area contributed by atoms with Crippen molar-refractivity contribution in [1.82, 2.24) is 0 Å². The fraction of sp³-hybridized carbons (Fsp3) is 0.500. The molecule has 1 aromatic rings. The standard InChI is InChI=1S/C14H17ClN2O3/c1-14(2,10-16)8-3-4-9-20-13-11(15)6-5-7-12(13)17(18)19/h5-7H,3-4,8-9H2,1-2H3. The Morgan fingerprint density at radius 1 is 1.45 bits per heavy atom. The predicted molar refractivity (Wildman–Crippen MR) is 76.8 cm³/mol. The Hall–Kier alpha value is -1.80. The van der Waals surface area contributed by atoms with Crippen LogP contribution >= 0.6 is 11.6 Å². The number of rotatable bonds is 7. The number of halogens is 1. The van der Waals surface area contributed by atoms with Crippen LogP contribution in [0.2, 0.25) is 5.02 Å². The van der Waals surface area contributed by atoms with Gasteiger partial charge in [0.25, 0.3) is 0 Å². The zero-order chi connectivity index (χ0) is 15.2. The molecule has 5 nitrogen and oxygen atoms in total. The van der Waals surface area contributed by atoms with E-state index in [2.05, 4.69) is 6.07 Å². The van der Waals surface area contributed by atoms with Crippen molar-refractivity contribution in [3.05, 3.63) is 33.3 Å². The number of nitriles is 1. The van der Waals surface area contributed by atoms with E-state index in [1.54, 1.807) is 6.07 Å². The van der Waals surface area contributed by atoms with Crippen LogP contribution in [0.1, 0.15) is 33.1 Å². The monoisotopic (exact) mass is 296 g/mol. The molecule has 108 valence electrons. The maximum Gasteiger partial charge on any atom is 0.312 e. The first-order chi connectivity index (χ1) is 9.37. The SMILES string of the molecule is CC(C)(C#N)CCCCOc1c(Cl)cccc1[N+](=O)[O-]. The molecule has 20 heavy (non-hydrogen) atoms. The summed E-state index contributed by atoms with van der Waals surface area (Å²) in [6.45, 7) is 4.10. The highest BCUT2D eigenvalue weighted by molar-refractivity contribution is 6.32. The molecule has 0 spiro atoms. The van der Waals surface area contributed by atoms with Crippen LogP contribution in [0.15, 0.2) is 18.2 Å². The normalized spacial score (nSPS) is 10.9. The Bertz CT molecular complexity index is 524. The molecule has 0 amide bonds. The number of nitro groups is 1. The lowest BCUT2D eigenvalue weighted by molar-refractivity contribution is -0.385. The van der Waals surface area contributed by atoms with Crippen LogP contribution in [0.25, 0.3) is 0 Å². The summed E-state index contributed by atoms with van der Waals surface area (Å²) < 4.78 is 5.42. The van der Waals surface area contributed by atoms with Crippen LogP contribution in [0.4, 0.5) is 5.69 Å². The minimum atomic E-state index is -0.514. The highest BCUT2D eigenvalue weighted by Gasteiger charge is 2.18. The van der Waals surface area contributed by atoms with Gasteiger partial charge in [-0.2, -0.15) is 5.26 Å². The van der Waals surface area contributed by atoms with Gasteiger partial charge in [0.15, 0.2) is 0 Å². The van der Waals surface area contributed by atoms with Gasteiger partial charge in [0.05, 0.1) is 28.0 Å². The summed E-state index contributed by atoms with van der Waals surface area (Å²) in [4.78, 5) is 10.4. The molecule has 0 saturated heterocycles. The first kappa shape index (κ1) is 16.3. The third-order valence-corrected chi connectivity index (χ3v) is 3.19. The number of ether oxygens (including phenoxy) is 1. The first-order valence-electron chi connectivity index (χ1n) is 6.34. The topological polar surface area (TPSA) is 76.2 Å². The number of unbranched alkanes of at least 4 members (excludes halogenated alkanes) is 1. The van der Waals surface area contributed by atoms with Crippen molar-refractivity contribution in [2.75, 3.05) is 6.61 Å². The lowest BCUT2D eigenvalue weighted by atomic mass is 9.89. The molecule has 0 saturated carbocycles. The van der Waals surface area contributed by atoms with Gasteiger partial charge in [0.2, 0.25) is 5.75 Å². The summed E-state index contributed by atoms with van der Waals surface area (Å²) in [6.07, 6.45) is 2.30. The molecule has 0 aliphatic heterocycles. The summed E-state index contributed by atoms with van der Waals surface area (Å²) in [5, 5.41) is 20.0. The van der Waals surface area contributed by atoms with Crippen LogP contribution < -0.4 is 4.74 Å². The molecule has 0 aliphatic rings. The van der Waals surface area contributed by atoms with Gasteiger partial charge in [-0.1, -0.05) is 17.7 Å². The van der Waals surface area contributed by atoms with Crippen molar-refractivity contribution in [3.63, 3.8) is 0 Å². The van der Waals surface area contributed by atoms with Crippen molar-refractivity contribution >= 4 is 17.3 Å². The second-order valence-corrected chi connectivity index (χ2v) is 5.55. The summed E-state index contributed by atoms with van der Waals surface area (Å²) in [6, 6.07) is 6.67. The molecule has 0 bridgehead atoms. The van der Waals surface area contributed by atoms with E-state index >= 15 is 0 Å². The quantitative estimate of drug-likeness (QED) is 0.426. The van der Waals surface area contributed by atoms with E-state index < -0.39 is 4.92 Å². The third kappa shape index (κ3) is 4.71. The second-order valence-electron chi connectivity index (χ2n) is 5.15. The van der Waals surface area contributed by atoms with Crippen LogP contribution in [-0.4, -0.2) is 11.5 Å². The Balaban J connectivity index is 2.51. The van der Waals surface area contributed by atoms with E-state index in [0.717, 1.165) is 12.8 Å². The molecule has 1 aromatic carbocycles. The molecule has 1 rings (SSSR count). The summed E-state index contributed by atoms with van der Waals surface area (Å²) in [5.74, 6) is 0.110. The Kier molecular flexibility index (Phi) is 5.78. The predicted octanol–water partition coefficient (Wildman–Crippen LogP) is 4.35. The Morgan fingerprint density at radius 3 is 2.75 bits per heavy atom. The lowest BCUT2D eigenvalue weighted by Gasteiger charge is -2.14. The number of nitro benzene ring substituents is 1. The Labute approximate surface area is 123 Å². The van der Waals surface area contributed by atoms with Crippen LogP contribution in [0, 0.1) is 26.9 Å². The zero-order valence-corrected chi connectivity index (χ0v) is 12.3. The van der Waals surface area contributed by atoms with Crippen molar-refractivity contribution in [1.29, 1.82) is 5.26 Å². The molecule has 0 heterocycles. The summed E-state index contributed by atoms with van der Waals surface area (Å²) in [7, 11) is 0. The van der Waals surface area contributed by atoms with Crippen molar-refractivity contribution < 1.29 is 9.66 Å². The van der Waals surface area contributed by atoms with Crippen molar-refractivity contribution in [2.45, 2.75) is 33.1 Å². The molecule has 0 radical (unpaired) electrons. The molecule has 0 aliphatic carbocycles. The average molecular weight is 297 g/mol. The third-order valence-electron chi connectivity index (χ3n) is 2.89. The molecular weight excluding hydrogens is 280 g/mol. The maximum atomic E-state index is 10.9. The van der Waals surface area contributed by atoms with Gasteiger partial charge in [-0.15, -0.1) is 0 Å². The highest BCUT2D eigenvalue weighted by atomic mass is 35.5. The maximum absolute atomic E-state index is 10.9. The molecule has 0 atom stereocenters. The van der Waals surface area contributed by atoms with Gasteiger partial charge in [-0.05, 0) is 39.2 Å². The fourth-order valence-corrected chi connectivity index (χ4v) is 1.91. The van der Waals surface area contributed by atoms with E-state index in [4.69, 9.17) is 21.6 Å². The van der Waals surface area contributed by atoms with E-state index in [0.29, 0.717) is 13.0 Å². The van der Waals surface area contributed by atoms with Crippen LogP contribution in [0.5, 0.6) is 5.75 Å². The van der Waals surface area contributed by atoms with E-state index in [1.807, 2.05) is 13.8 Å². The molecule has 0 aromatic heterocycles. The van der Waals surface area contributed by atoms with E-state index in [9.17, 15) is 10.1 Å². The van der Waals surface area contributed by atoms with Crippen molar-refractivity contribution in [3.8, 4) is 11.8 Å². The minimum Gasteiger partial charge on any atom is -0.486 e. The van der Waals surface area contributed by atoms with Crippen LogP contribution in [0.3, 0.4) is 0 Å². The number of nitrogens with zero attached hydrogens (tertiary/aromatic N) is 2. The number of para-hydroxylation sites is 1. The average Bonchev–Trinajstić information content (AvgIpc) is 2.39. The van der Waals surface area contributed by atoms with E-state index in [-0.39, 0.29) is 21.9 Å². The minimum absolute atomic E-state index is 0.110. The van der Waals surface area contributed by atoms with Gasteiger partial charge >= 0.3 is 5.69 Å². The van der Waals surface area contributed by atoms with E-state index in [1.165, 1.54) is 12.1 Å². The molecule has 0 unspecified atom stereocenters. The molecule has 0 fully saturated rings. The van der Waals surface area contributed by atoms with Crippen LogP contribution in [-0.2, 0) is 0 Å². The number of hydrogen-bond donors (Lipinski definition) is 0. The first-order valence-corrected chi connectivity index (χ1v) is 6.72. The number of hydrogen-bond acceptors (Lipinski definition) is 4. The molecular formula is C14H17ClN2O3. The van der Waals surface area contributed by atoms with Gasteiger partial charge in [0.1, 0.15) is 0 Å². The highest BCUT2D eigenvalue weighted by Crippen LogP contribution is 2.34. The van der Waals surface area contributed by atoms with Crippen molar-refractivity contribution in [2.24, 2.45) is 5.41 Å². The van der Waals surface area contributed by atoms with Gasteiger partial charge in [0, 0.05) is 6.07 Å². The number of benzene rings is 1. The van der Waals surface area contributed by atoms with Gasteiger partial charge < -0.3 is 4.74 Å². The molecule has 0 N–H and O–H groups in total. The lowest BCUT2D eigenvalue weighted by Crippen LogP contribution is -2.08.